The smallest absolute Gasteiger partial charge is 0.248 e. The zero-order chi connectivity index (χ0) is 19.1. The highest BCUT2D eigenvalue weighted by Crippen LogP contribution is 2.37. The summed E-state index contributed by atoms with van der Waals surface area (Å²) in [4.78, 5) is 16.8. The van der Waals surface area contributed by atoms with Gasteiger partial charge in [0, 0.05) is 11.3 Å². The number of allylic oxidation sites excluding steroid dienone is 1. The molecule has 2 heterocycles. The van der Waals surface area contributed by atoms with Gasteiger partial charge < -0.3 is 11.1 Å². The van der Waals surface area contributed by atoms with Crippen molar-refractivity contribution in [1.29, 1.82) is 0 Å². The van der Waals surface area contributed by atoms with E-state index >= 15 is 0 Å². The Labute approximate surface area is 165 Å². The van der Waals surface area contributed by atoms with Crippen molar-refractivity contribution in [2.75, 3.05) is 5.32 Å². The van der Waals surface area contributed by atoms with Crippen molar-refractivity contribution in [2.24, 2.45) is 5.73 Å². The van der Waals surface area contributed by atoms with Crippen molar-refractivity contribution < 1.29 is 4.79 Å². The topological polar surface area (TPSA) is 85.8 Å². The predicted octanol–water partition coefficient (Wildman–Crippen LogP) is 4.03. The number of hydrogen-bond acceptors (Lipinski definition) is 4. The fourth-order valence-electron chi connectivity index (χ4n) is 3.17. The van der Waals surface area contributed by atoms with E-state index in [0.29, 0.717) is 33.1 Å². The molecule has 1 aliphatic rings. The van der Waals surface area contributed by atoms with Gasteiger partial charge >= 0.3 is 0 Å². The van der Waals surface area contributed by atoms with Crippen LogP contribution < -0.4 is 11.1 Å². The molecule has 27 heavy (non-hydrogen) atoms. The summed E-state index contributed by atoms with van der Waals surface area (Å²) in [6, 6.07) is 14.2. The summed E-state index contributed by atoms with van der Waals surface area (Å²) in [5, 5.41) is 8.56. The van der Waals surface area contributed by atoms with E-state index in [1.54, 1.807) is 29.8 Å². The van der Waals surface area contributed by atoms with E-state index in [-0.39, 0.29) is 0 Å². The molecule has 1 atom stereocenters. The van der Waals surface area contributed by atoms with Gasteiger partial charge in [-0.15, -0.1) is 5.10 Å². The number of anilines is 1. The first-order valence-electron chi connectivity index (χ1n) is 8.20. The molecule has 0 saturated heterocycles. The van der Waals surface area contributed by atoms with Crippen LogP contribution in [0.15, 0.2) is 59.8 Å². The lowest BCUT2D eigenvalue weighted by molar-refractivity contribution is -0.115. The molecule has 1 amide bonds. The maximum absolute atomic E-state index is 12.2. The molecule has 8 heteroatoms. The number of nitrogens with two attached hydrogens (primary N) is 1. The highest BCUT2D eigenvalue weighted by Gasteiger charge is 2.33. The van der Waals surface area contributed by atoms with E-state index in [9.17, 15) is 4.79 Å². The average Bonchev–Trinajstić information content (AvgIpc) is 3.07. The van der Waals surface area contributed by atoms with Crippen LogP contribution in [-0.2, 0) is 4.79 Å². The number of halogens is 2. The van der Waals surface area contributed by atoms with E-state index in [2.05, 4.69) is 15.4 Å². The highest BCUT2D eigenvalue weighted by atomic mass is 35.5. The fraction of sp³-hybridized carbons (Fsp3) is 0.105. The first kappa shape index (κ1) is 17.6. The lowest BCUT2D eigenvalue weighted by atomic mass is 9.95. The average molecular weight is 400 g/mol. The second-order valence-electron chi connectivity index (χ2n) is 6.17. The summed E-state index contributed by atoms with van der Waals surface area (Å²) in [6.45, 7) is 1.78. The quantitative estimate of drug-likeness (QED) is 0.695. The molecule has 0 bridgehead atoms. The standard InChI is InChI=1S/C19H15Cl2N5O/c1-10-15(17(22)27)16(12-7-8-13(20)14(21)9-12)26-19(23-10)24-18(25-26)11-5-3-2-4-6-11/h2-9,16H,1H3,(H2,22,27)(H,23,24,25). The van der Waals surface area contributed by atoms with E-state index in [0.717, 1.165) is 11.1 Å². The third kappa shape index (κ3) is 3.07. The number of carbonyl (C=O) groups excluding carboxylic acids is 1. The number of benzene rings is 2. The molecule has 2 aromatic carbocycles. The summed E-state index contributed by atoms with van der Waals surface area (Å²) in [5.74, 6) is 0.521. The van der Waals surface area contributed by atoms with Crippen molar-refractivity contribution >= 4 is 35.1 Å². The minimum atomic E-state index is -0.557. The molecule has 4 rings (SSSR count). The lowest BCUT2D eigenvalue weighted by Crippen LogP contribution is -2.31. The van der Waals surface area contributed by atoms with Gasteiger partial charge in [-0.05, 0) is 24.6 Å². The zero-order valence-corrected chi connectivity index (χ0v) is 15.8. The van der Waals surface area contributed by atoms with Crippen LogP contribution in [0.5, 0.6) is 0 Å². The zero-order valence-electron chi connectivity index (χ0n) is 14.3. The third-order valence-electron chi connectivity index (χ3n) is 4.41. The minimum absolute atomic E-state index is 0.388. The number of primary amides is 1. The van der Waals surface area contributed by atoms with Crippen LogP contribution in [0.1, 0.15) is 18.5 Å². The second kappa shape index (κ2) is 6.72. The van der Waals surface area contributed by atoms with Gasteiger partial charge in [-0.25, -0.2) is 4.68 Å². The Balaban J connectivity index is 1.90. The van der Waals surface area contributed by atoms with Gasteiger partial charge in [0.2, 0.25) is 11.9 Å². The maximum atomic E-state index is 12.2. The van der Waals surface area contributed by atoms with Crippen LogP contribution in [0.25, 0.3) is 11.4 Å². The van der Waals surface area contributed by atoms with Gasteiger partial charge in [-0.3, -0.25) is 4.79 Å². The minimum Gasteiger partial charge on any atom is -0.366 e. The second-order valence-corrected chi connectivity index (χ2v) is 6.99. The number of fused-ring (bicyclic) bond motifs is 1. The Hall–Kier alpha value is -2.83. The molecule has 6 nitrogen and oxygen atoms in total. The van der Waals surface area contributed by atoms with Crippen molar-refractivity contribution in [3.63, 3.8) is 0 Å². The first-order valence-corrected chi connectivity index (χ1v) is 8.96. The molecule has 0 aliphatic carbocycles. The molecule has 1 unspecified atom stereocenters. The molecule has 136 valence electrons. The SMILES string of the molecule is CC1=C(C(N)=O)C(c2ccc(Cl)c(Cl)c2)n2nc(-c3ccccc3)nc2N1. The van der Waals surface area contributed by atoms with Crippen molar-refractivity contribution in [1.82, 2.24) is 14.8 Å². The van der Waals surface area contributed by atoms with Crippen molar-refractivity contribution in [3.05, 3.63) is 75.4 Å². The van der Waals surface area contributed by atoms with Gasteiger partial charge in [0.15, 0.2) is 5.82 Å². The Kier molecular flexibility index (Phi) is 4.37. The van der Waals surface area contributed by atoms with Gasteiger partial charge in [-0.1, -0.05) is 59.6 Å². The molecular weight excluding hydrogens is 385 g/mol. The largest absolute Gasteiger partial charge is 0.366 e. The number of aromatic nitrogens is 3. The van der Waals surface area contributed by atoms with E-state index in [1.165, 1.54) is 0 Å². The van der Waals surface area contributed by atoms with Crippen LogP contribution in [-0.4, -0.2) is 20.7 Å². The van der Waals surface area contributed by atoms with Gasteiger partial charge in [0.1, 0.15) is 6.04 Å². The molecular formula is C19H15Cl2N5O. The van der Waals surface area contributed by atoms with Crippen LogP contribution in [0.4, 0.5) is 5.95 Å². The van der Waals surface area contributed by atoms with Gasteiger partial charge in [-0.2, -0.15) is 4.98 Å². The molecule has 3 aromatic rings. The molecule has 1 aliphatic heterocycles. The Morgan fingerprint density at radius 1 is 1.15 bits per heavy atom. The number of carbonyl (C=O) groups is 1. The van der Waals surface area contributed by atoms with E-state index < -0.39 is 11.9 Å². The predicted molar refractivity (Wildman–Crippen MR) is 106 cm³/mol. The first-order chi connectivity index (χ1) is 13.0. The van der Waals surface area contributed by atoms with Gasteiger partial charge in [0.05, 0.1) is 15.6 Å². The number of nitrogens with zero attached hydrogens (tertiary/aromatic N) is 3. The number of nitrogens with one attached hydrogen (secondary N) is 1. The fourth-order valence-corrected chi connectivity index (χ4v) is 3.48. The number of amides is 1. The van der Waals surface area contributed by atoms with Crippen LogP contribution in [0, 0.1) is 0 Å². The molecule has 1 aromatic heterocycles. The van der Waals surface area contributed by atoms with E-state index in [4.69, 9.17) is 28.9 Å². The highest BCUT2D eigenvalue weighted by molar-refractivity contribution is 6.42. The van der Waals surface area contributed by atoms with Crippen LogP contribution >= 0.6 is 23.2 Å². The molecule has 3 N–H and O–H groups in total. The van der Waals surface area contributed by atoms with Gasteiger partial charge in [0.25, 0.3) is 0 Å². The molecule has 0 saturated carbocycles. The van der Waals surface area contributed by atoms with Crippen LogP contribution in [0.2, 0.25) is 10.0 Å². The third-order valence-corrected chi connectivity index (χ3v) is 5.15. The number of rotatable bonds is 3. The summed E-state index contributed by atoms with van der Waals surface area (Å²) < 4.78 is 1.65. The summed E-state index contributed by atoms with van der Waals surface area (Å²) in [6.07, 6.45) is 0. The normalized spacial score (nSPS) is 16.0. The Morgan fingerprint density at radius 3 is 2.56 bits per heavy atom. The monoisotopic (exact) mass is 399 g/mol. The molecule has 0 radical (unpaired) electrons. The molecule has 0 spiro atoms. The maximum Gasteiger partial charge on any atom is 0.248 e. The van der Waals surface area contributed by atoms with E-state index in [1.807, 2.05) is 30.3 Å². The summed E-state index contributed by atoms with van der Waals surface area (Å²) in [7, 11) is 0. The Bertz CT molecular complexity index is 1070. The van der Waals surface area contributed by atoms with Crippen molar-refractivity contribution in [2.45, 2.75) is 13.0 Å². The van der Waals surface area contributed by atoms with Crippen molar-refractivity contribution in [3.8, 4) is 11.4 Å². The number of hydrogen-bond donors (Lipinski definition) is 2. The summed E-state index contributed by atoms with van der Waals surface area (Å²) >= 11 is 12.2. The molecule has 0 fully saturated rings. The lowest BCUT2D eigenvalue weighted by Gasteiger charge is -2.27. The Morgan fingerprint density at radius 2 is 1.89 bits per heavy atom. The summed E-state index contributed by atoms with van der Waals surface area (Å²) in [5.41, 5.74) is 8.30. The van der Waals surface area contributed by atoms with Crippen LogP contribution in [0.3, 0.4) is 0 Å².